The number of carbonyl (C=O) groups excluding carboxylic acids is 2. The van der Waals surface area contributed by atoms with Gasteiger partial charge in [-0.2, -0.15) is 0 Å². The Morgan fingerprint density at radius 3 is 2.59 bits per heavy atom. The maximum Gasteiger partial charge on any atom is 0.350 e. The van der Waals surface area contributed by atoms with Gasteiger partial charge in [0.25, 0.3) is 0 Å². The van der Waals surface area contributed by atoms with E-state index >= 15 is 0 Å². The predicted octanol–water partition coefficient (Wildman–Crippen LogP) is 4.20. The summed E-state index contributed by atoms with van der Waals surface area (Å²) in [5, 5.41) is 3.48. The molecule has 2 rings (SSSR count). The molecule has 0 aliphatic rings. The van der Waals surface area contributed by atoms with Gasteiger partial charge in [0, 0.05) is 12.3 Å². The fourth-order valence-electron chi connectivity index (χ4n) is 2.03. The van der Waals surface area contributed by atoms with Crippen molar-refractivity contribution in [2.24, 2.45) is 0 Å². The van der Waals surface area contributed by atoms with E-state index in [1.807, 2.05) is 19.1 Å². The van der Waals surface area contributed by atoms with Gasteiger partial charge in [-0.1, -0.05) is 6.07 Å². The van der Waals surface area contributed by atoms with E-state index in [9.17, 15) is 9.59 Å². The number of fused-ring (bicyclic) bond motifs is 1. The lowest BCUT2D eigenvalue weighted by Crippen LogP contribution is -2.10. The van der Waals surface area contributed by atoms with Crippen molar-refractivity contribution in [2.75, 3.05) is 18.5 Å². The van der Waals surface area contributed by atoms with Crippen LogP contribution in [0.15, 0.2) is 16.6 Å². The van der Waals surface area contributed by atoms with Gasteiger partial charge < -0.3 is 14.8 Å². The highest BCUT2D eigenvalue weighted by molar-refractivity contribution is 9.10. The van der Waals surface area contributed by atoms with E-state index in [-0.39, 0.29) is 12.5 Å². The second-order valence-corrected chi connectivity index (χ2v) is 6.27. The lowest BCUT2D eigenvalue weighted by molar-refractivity contribution is -0.114. The van der Waals surface area contributed by atoms with Crippen LogP contribution in [0.4, 0.5) is 5.69 Å². The maximum absolute atomic E-state index is 12.2. The molecule has 0 fully saturated rings. The Bertz CT molecular complexity index is 726. The molecule has 1 amide bonds. The molecule has 0 bridgehead atoms. The predicted molar refractivity (Wildman–Crippen MR) is 91.0 cm³/mol. The van der Waals surface area contributed by atoms with Crippen LogP contribution >= 0.6 is 27.3 Å². The molecule has 1 heterocycles. The minimum atomic E-state index is -0.453. The lowest BCUT2D eigenvalue weighted by atomic mass is 10.2. The van der Waals surface area contributed by atoms with E-state index in [0.29, 0.717) is 22.9 Å². The Kier molecular flexibility index (Phi) is 5.42. The number of ether oxygens (including phenoxy) is 2. The number of rotatable bonds is 5. The number of esters is 1. The van der Waals surface area contributed by atoms with Gasteiger partial charge in [-0.15, -0.1) is 11.3 Å². The SMILES string of the molecule is CCOC(=O)c1sc2c(OCC)c(Br)ccc2c1NC(C)=O. The van der Waals surface area contributed by atoms with Gasteiger partial charge in [-0.05, 0) is 35.8 Å². The average molecular weight is 386 g/mol. The molecular formula is C15H16BrNO4S. The fourth-order valence-corrected chi connectivity index (χ4v) is 3.76. The molecule has 118 valence electrons. The maximum atomic E-state index is 12.2. The van der Waals surface area contributed by atoms with Crippen LogP contribution in [-0.4, -0.2) is 25.1 Å². The third-order valence-corrected chi connectivity index (χ3v) is 4.62. The summed E-state index contributed by atoms with van der Waals surface area (Å²) in [5.74, 6) is -0.0377. The Balaban J connectivity index is 2.69. The summed E-state index contributed by atoms with van der Waals surface area (Å²) >= 11 is 4.70. The van der Waals surface area contributed by atoms with Crippen molar-refractivity contribution in [3.63, 3.8) is 0 Å². The summed E-state index contributed by atoms with van der Waals surface area (Å²) in [6.45, 7) is 5.81. The van der Waals surface area contributed by atoms with Crippen LogP contribution in [0.25, 0.3) is 10.1 Å². The third kappa shape index (κ3) is 3.25. The first-order chi connectivity index (χ1) is 10.5. The lowest BCUT2D eigenvalue weighted by Gasteiger charge is -2.07. The molecule has 0 saturated heterocycles. The molecule has 22 heavy (non-hydrogen) atoms. The van der Waals surface area contributed by atoms with Crippen LogP contribution in [0.2, 0.25) is 0 Å². The second-order valence-electron chi connectivity index (χ2n) is 4.39. The van der Waals surface area contributed by atoms with E-state index in [4.69, 9.17) is 9.47 Å². The molecule has 0 radical (unpaired) electrons. The van der Waals surface area contributed by atoms with Gasteiger partial charge in [0.15, 0.2) is 5.75 Å². The largest absolute Gasteiger partial charge is 0.491 e. The van der Waals surface area contributed by atoms with Gasteiger partial charge in [-0.3, -0.25) is 4.79 Å². The summed E-state index contributed by atoms with van der Waals surface area (Å²) in [7, 11) is 0. The third-order valence-electron chi connectivity index (χ3n) is 2.82. The van der Waals surface area contributed by atoms with Gasteiger partial charge in [0.1, 0.15) is 4.88 Å². The van der Waals surface area contributed by atoms with Crippen LogP contribution in [0.1, 0.15) is 30.4 Å². The highest BCUT2D eigenvalue weighted by Gasteiger charge is 2.23. The zero-order chi connectivity index (χ0) is 16.3. The Hall–Kier alpha value is -1.60. The van der Waals surface area contributed by atoms with Crippen molar-refractivity contribution in [2.45, 2.75) is 20.8 Å². The molecule has 1 aromatic carbocycles. The molecule has 1 N–H and O–H groups in total. The number of carbonyl (C=O) groups is 2. The van der Waals surface area contributed by atoms with Crippen molar-refractivity contribution in [1.29, 1.82) is 0 Å². The van der Waals surface area contributed by atoms with E-state index in [2.05, 4.69) is 21.2 Å². The van der Waals surface area contributed by atoms with E-state index in [0.717, 1.165) is 14.6 Å². The second kappa shape index (κ2) is 7.11. The van der Waals surface area contributed by atoms with Crippen LogP contribution in [0.5, 0.6) is 5.75 Å². The fraction of sp³-hybridized carbons (Fsp3) is 0.333. The molecule has 2 aromatic rings. The first-order valence-electron chi connectivity index (χ1n) is 6.82. The molecule has 0 saturated carbocycles. The van der Waals surface area contributed by atoms with Crippen molar-refractivity contribution in [3.05, 3.63) is 21.5 Å². The van der Waals surface area contributed by atoms with Crippen LogP contribution in [0, 0.1) is 0 Å². The number of thiophene rings is 1. The van der Waals surface area contributed by atoms with Crippen molar-refractivity contribution < 1.29 is 19.1 Å². The zero-order valence-corrected chi connectivity index (χ0v) is 14.9. The van der Waals surface area contributed by atoms with Gasteiger partial charge >= 0.3 is 5.97 Å². The molecule has 0 unspecified atom stereocenters. The summed E-state index contributed by atoms with van der Waals surface area (Å²) in [4.78, 5) is 24.0. The topological polar surface area (TPSA) is 64.6 Å². The first kappa shape index (κ1) is 16.8. The number of halogens is 1. The Labute approximate surface area is 140 Å². The van der Waals surface area contributed by atoms with E-state index in [1.165, 1.54) is 18.3 Å². The summed E-state index contributed by atoms with van der Waals surface area (Å²) in [5.41, 5.74) is 0.472. The van der Waals surface area contributed by atoms with Crippen LogP contribution < -0.4 is 10.1 Å². The molecule has 0 spiro atoms. The highest BCUT2D eigenvalue weighted by atomic mass is 79.9. The molecule has 0 aliphatic carbocycles. The van der Waals surface area contributed by atoms with Crippen molar-refractivity contribution >= 4 is 54.9 Å². The standard InChI is InChI=1S/C15H16BrNO4S/c1-4-20-12-10(16)7-6-9-11(17-8(3)18)14(22-13(9)12)15(19)21-5-2/h6-7H,4-5H2,1-3H3,(H,17,18). The summed E-state index contributed by atoms with van der Waals surface area (Å²) in [6.07, 6.45) is 0. The van der Waals surface area contributed by atoms with Crippen LogP contribution in [-0.2, 0) is 9.53 Å². The van der Waals surface area contributed by atoms with Crippen LogP contribution in [0.3, 0.4) is 0 Å². The number of hydrogen-bond donors (Lipinski definition) is 1. The number of nitrogens with one attached hydrogen (secondary N) is 1. The Morgan fingerprint density at radius 2 is 2.00 bits per heavy atom. The normalized spacial score (nSPS) is 10.5. The smallest absolute Gasteiger partial charge is 0.350 e. The van der Waals surface area contributed by atoms with Gasteiger partial charge in [0.2, 0.25) is 5.91 Å². The highest BCUT2D eigenvalue weighted by Crippen LogP contribution is 2.44. The Morgan fingerprint density at radius 1 is 1.27 bits per heavy atom. The number of benzene rings is 1. The first-order valence-corrected chi connectivity index (χ1v) is 8.43. The van der Waals surface area contributed by atoms with Gasteiger partial charge in [-0.25, -0.2) is 4.79 Å². The minimum absolute atomic E-state index is 0.244. The molecule has 0 aliphatic heterocycles. The minimum Gasteiger partial charge on any atom is -0.491 e. The monoisotopic (exact) mass is 385 g/mol. The zero-order valence-electron chi connectivity index (χ0n) is 12.5. The average Bonchev–Trinajstić information content (AvgIpc) is 2.81. The van der Waals surface area contributed by atoms with E-state index in [1.54, 1.807) is 6.92 Å². The molecule has 1 aromatic heterocycles. The van der Waals surface area contributed by atoms with Crippen molar-refractivity contribution in [3.8, 4) is 5.75 Å². The molecule has 7 heteroatoms. The molecular weight excluding hydrogens is 370 g/mol. The summed E-state index contributed by atoms with van der Waals surface area (Å²) in [6, 6.07) is 3.67. The van der Waals surface area contributed by atoms with Crippen molar-refractivity contribution in [1.82, 2.24) is 0 Å². The number of anilines is 1. The quantitative estimate of drug-likeness (QED) is 0.783. The number of hydrogen-bond acceptors (Lipinski definition) is 5. The van der Waals surface area contributed by atoms with Gasteiger partial charge in [0.05, 0.1) is 28.1 Å². The summed E-state index contributed by atoms with van der Waals surface area (Å²) < 4.78 is 12.3. The molecule has 5 nitrogen and oxygen atoms in total. The van der Waals surface area contributed by atoms with E-state index < -0.39 is 5.97 Å². The molecule has 0 atom stereocenters. The number of amides is 1.